The van der Waals surface area contributed by atoms with Crippen molar-refractivity contribution in [2.24, 2.45) is 5.41 Å². The standard InChI is InChI=1S/C18H25FN4O2/c19-14-10-20-17(21-11-14)22-7-5-18(6-8-22)4-3-16(24)23(13-18)12-15-2-1-9-25-15/h10-11,15H,1-9,12-13H2. The number of carbonyl (C=O) groups is 1. The van der Waals surface area contributed by atoms with E-state index < -0.39 is 5.82 Å². The lowest BCUT2D eigenvalue weighted by atomic mass is 9.72. The number of rotatable bonds is 3. The summed E-state index contributed by atoms with van der Waals surface area (Å²) in [5, 5.41) is 0. The van der Waals surface area contributed by atoms with Crippen LogP contribution >= 0.6 is 0 Å². The van der Waals surface area contributed by atoms with Crippen LogP contribution in [0.25, 0.3) is 0 Å². The van der Waals surface area contributed by atoms with Crippen molar-refractivity contribution in [3.05, 3.63) is 18.2 Å². The highest BCUT2D eigenvalue weighted by molar-refractivity contribution is 5.77. The Bertz CT molecular complexity index is 610. The number of ether oxygens (including phenoxy) is 1. The van der Waals surface area contributed by atoms with Crippen LogP contribution in [0.4, 0.5) is 10.3 Å². The molecule has 1 spiro atoms. The van der Waals surface area contributed by atoms with Crippen molar-refractivity contribution >= 4 is 11.9 Å². The van der Waals surface area contributed by atoms with Gasteiger partial charge in [0.2, 0.25) is 11.9 Å². The number of hydrogen-bond donors (Lipinski definition) is 0. The molecule has 4 rings (SSSR count). The van der Waals surface area contributed by atoms with Crippen LogP contribution < -0.4 is 4.90 Å². The molecule has 1 atom stereocenters. The maximum atomic E-state index is 13.0. The first kappa shape index (κ1) is 16.7. The van der Waals surface area contributed by atoms with Gasteiger partial charge < -0.3 is 14.5 Å². The minimum Gasteiger partial charge on any atom is -0.376 e. The van der Waals surface area contributed by atoms with Gasteiger partial charge in [-0.05, 0) is 37.5 Å². The highest BCUT2D eigenvalue weighted by Crippen LogP contribution is 2.41. The van der Waals surface area contributed by atoms with Crippen LogP contribution in [0.3, 0.4) is 0 Å². The number of aromatic nitrogens is 2. The largest absolute Gasteiger partial charge is 0.376 e. The minimum absolute atomic E-state index is 0.197. The molecule has 3 saturated heterocycles. The van der Waals surface area contributed by atoms with E-state index in [1.165, 1.54) is 12.4 Å². The first-order valence-corrected chi connectivity index (χ1v) is 9.25. The summed E-state index contributed by atoms with van der Waals surface area (Å²) in [6, 6.07) is 0. The molecule has 6 nitrogen and oxygen atoms in total. The number of anilines is 1. The molecule has 1 aromatic heterocycles. The Morgan fingerprint density at radius 2 is 2.00 bits per heavy atom. The maximum absolute atomic E-state index is 13.0. The number of likely N-dealkylation sites (tertiary alicyclic amines) is 1. The van der Waals surface area contributed by atoms with E-state index in [9.17, 15) is 9.18 Å². The molecule has 0 aliphatic carbocycles. The Morgan fingerprint density at radius 3 is 2.68 bits per heavy atom. The zero-order valence-corrected chi connectivity index (χ0v) is 14.5. The van der Waals surface area contributed by atoms with Gasteiger partial charge in [-0.15, -0.1) is 0 Å². The van der Waals surface area contributed by atoms with E-state index in [-0.39, 0.29) is 17.4 Å². The topological polar surface area (TPSA) is 58.6 Å². The number of halogens is 1. The SMILES string of the molecule is O=C1CCC2(CCN(c3ncc(F)cn3)CC2)CN1CC1CCCO1. The second kappa shape index (κ2) is 6.86. The molecule has 7 heteroatoms. The summed E-state index contributed by atoms with van der Waals surface area (Å²) in [6.45, 7) is 4.11. The normalized spacial score (nSPS) is 26.4. The smallest absolute Gasteiger partial charge is 0.225 e. The van der Waals surface area contributed by atoms with Crippen molar-refractivity contribution in [2.45, 2.75) is 44.6 Å². The number of amides is 1. The van der Waals surface area contributed by atoms with Crippen molar-refractivity contribution in [3.63, 3.8) is 0 Å². The molecule has 25 heavy (non-hydrogen) atoms. The van der Waals surface area contributed by atoms with Crippen LogP contribution in [0, 0.1) is 11.2 Å². The highest BCUT2D eigenvalue weighted by Gasteiger charge is 2.42. The number of carbonyl (C=O) groups excluding carboxylic acids is 1. The molecule has 0 N–H and O–H groups in total. The van der Waals surface area contributed by atoms with Crippen molar-refractivity contribution < 1.29 is 13.9 Å². The molecule has 1 unspecified atom stereocenters. The summed E-state index contributed by atoms with van der Waals surface area (Å²) in [6.07, 6.45) is 8.45. The Labute approximate surface area is 147 Å². The monoisotopic (exact) mass is 348 g/mol. The van der Waals surface area contributed by atoms with Crippen LogP contribution in [0.1, 0.15) is 38.5 Å². The third-order valence-corrected chi connectivity index (χ3v) is 5.91. The van der Waals surface area contributed by atoms with E-state index in [0.29, 0.717) is 12.4 Å². The van der Waals surface area contributed by atoms with Gasteiger partial charge in [-0.2, -0.15) is 0 Å². The maximum Gasteiger partial charge on any atom is 0.225 e. The van der Waals surface area contributed by atoms with E-state index in [1.54, 1.807) is 0 Å². The van der Waals surface area contributed by atoms with Crippen molar-refractivity contribution in [2.75, 3.05) is 37.7 Å². The van der Waals surface area contributed by atoms with Gasteiger partial charge in [-0.25, -0.2) is 14.4 Å². The van der Waals surface area contributed by atoms with E-state index in [2.05, 4.69) is 14.9 Å². The molecule has 136 valence electrons. The van der Waals surface area contributed by atoms with Crippen molar-refractivity contribution in [1.82, 2.24) is 14.9 Å². The van der Waals surface area contributed by atoms with E-state index in [0.717, 1.165) is 64.9 Å². The van der Waals surface area contributed by atoms with Gasteiger partial charge in [0, 0.05) is 39.2 Å². The van der Waals surface area contributed by atoms with Gasteiger partial charge in [0.25, 0.3) is 0 Å². The van der Waals surface area contributed by atoms with Gasteiger partial charge in [-0.1, -0.05) is 0 Å². The fourth-order valence-electron chi connectivity index (χ4n) is 4.36. The zero-order valence-electron chi connectivity index (χ0n) is 14.5. The lowest BCUT2D eigenvalue weighted by Crippen LogP contribution is -2.53. The summed E-state index contributed by atoms with van der Waals surface area (Å²) in [5.74, 6) is 0.456. The summed E-state index contributed by atoms with van der Waals surface area (Å²) in [7, 11) is 0. The van der Waals surface area contributed by atoms with Gasteiger partial charge >= 0.3 is 0 Å². The summed E-state index contributed by atoms with van der Waals surface area (Å²) >= 11 is 0. The molecule has 3 aliphatic heterocycles. The Balaban J connectivity index is 1.37. The molecular formula is C18H25FN4O2. The molecular weight excluding hydrogens is 323 g/mol. The molecule has 3 fully saturated rings. The van der Waals surface area contributed by atoms with Gasteiger partial charge in [0.1, 0.15) is 0 Å². The molecule has 4 heterocycles. The quantitative estimate of drug-likeness (QED) is 0.836. The number of hydrogen-bond acceptors (Lipinski definition) is 5. The van der Waals surface area contributed by atoms with E-state index in [4.69, 9.17) is 4.74 Å². The lowest BCUT2D eigenvalue weighted by molar-refractivity contribution is -0.140. The van der Waals surface area contributed by atoms with Crippen LogP contribution in [0.2, 0.25) is 0 Å². The number of piperidine rings is 2. The molecule has 0 radical (unpaired) electrons. The summed E-state index contributed by atoms with van der Waals surface area (Å²) in [4.78, 5) is 24.7. The van der Waals surface area contributed by atoms with Crippen LogP contribution in [0.15, 0.2) is 12.4 Å². The second-order valence-electron chi connectivity index (χ2n) is 7.60. The molecule has 0 saturated carbocycles. The average molecular weight is 348 g/mol. The second-order valence-corrected chi connectivity index (χ2v) is 7.60. The third kappa shape index (κ3) is 3.61. The van der Waals surface area contributed by atoms with E-state index in [1.807, 2.05) is 4.90 Å². The molecule has 1 aromatic rings. The Hall–Kier alpha value is -1.76. The minimum atomic E-state index is -0.409. The molecule has 3 aliphatic rings. The fourth-order valence-corrected chi connectivity index (χ4v) is 4.36. The summed E-state index contributed by atoms with van der Waals surface area (Å²) < 4.78 is 18.7. The molecule has 0 bridgehead atoms. The predicted octanol–water partition coefficient (Wildman–Crippen LogP) is 2.00. The van der Waals surface area contributed by atoms with Gasteiger partial charge in [-0.3, -0.25) is 4.79 Å². The predicted molar refractivity (Wildman–Crippen MR) is 90.7 cm³/mol. The van der Waals surface area contributed by atoms with Crippen LogP contribution in [-0.2, 0) is 9.53 Å². The van der Waals surface area contributed by atoms with Crippen LogP contribution in [-0.4, -0.2) is 59.7 Å². The third-order valence-electron chi connectivity index (χ3n) is 5.91. The highest BCUT2D eigenvalue weighted by atomic mass is 19.1. The van der Waals surface area contributed by atoms with E-state index >= 15 is 0 Å². The molecule has 0 aromatic carbocycles. The van der Waals surface area contributed by atoms with Crippen LogP contribution in [0.5, 0.6) is 0 Å². The first-order valence-electron chi connectivity index (χ1n) is 9.25. The lowest BCUT2D eigenvalue weighted by Gasteiger charge is -2.47. The average Bonchev–Trinajstić information content (AvgIpc) is 3.13. The summed E-state index contributed by atoms with van der Waals surface area (Å²) in [5.41, 5.74) is 0.197. The van der Waals surface area contributed by atoms with Crippen molar-refractivity contribution in [1.29, 1.82) is 0 Å². The van der Waals surface area contributed by atoms with Crippen molar-refractivity contribution in [3.8, 4) is 0 Å². The zero-order chi connectivity index (χ0) is 17.3. The van der Waals surface area contributed by atoms with Gasteiger partial charge in [0.05, 0.1) is 18.5 Å². The van der Waals surface area contributed by atoms with Gasteiger partial charge in [0.15, 0.2) is 5.82 Å². The fraction of sp³-hybridized carbons (Fsp3) is 0.722. The Morgan fingerprint density at radius 1 is 1.24 bits per heavy atom. The molecule has 1 amide bonds. The number of nitrogens with zero attached hydrogens (tertiary/aromatic N) is 4. The Kier molecular flexibility index (Phi) is 4.58. The first-order chi connectivity index (χ1) is 12.1.